The van der Waals surface area contributed by atoms with E-state index in [2.05, 4.69) is 26.1 Å². The Kier molecular flexibility index (Phi) is 57.0. The summed E-state index contributed by atoms with van der Waals surface area (Å²) in [7, 11) is 1.52. The van der Waals surface area contributed by atoms with Gasteiger partial charge in [-0.25, -0.2) is 4.57 Å². The maximum absolute atomic E-state index is 13.5. The maximum atomic E-state index is 13.5. The number of esters is 1. The second-order valence-corrected chi connectivity index (χ2v) is 26.2. The van der Waals surface area contributed by atoms with Crippen LogP contribution in [0.4, 0.5) is 0 Å². The molecule has 0 heterocycles. The molecule has 1 amide bonds. The Labute approximate surface area is 480 Å². The third-order valence-corrected chi connectivity index (χ3v) is 16.7. The summed E-state index contributed by atoms with van der Waals surface area (Å²) in [6.45, 7) is 7.08. The highest BCUT2D eigenvalue weighted by Crippen LogP contribution is 2.43. The van der Waals surface area contributed by atoms with Crippen LogP contribution in [0.15, 0.2) is 12.2 Å². The SMILES string of the molecule is CCCCCCCCCCCC/C=C\C(OC(=O)CCCCCCCCCCCCCCCCCCCCCCCCCCC)C(COP(=O)(O)OCC[N+](C)(C)C)NC(=O)CCCCCCCCCCCCCCCC. The number of carbonyl (C=O) groups is 2. The van der Waals surface area contributed by atoms with Gasteiger partial charge >= 0.3 is 13.8 Å². The number of hydrogen-bond acceptors (Lipinski definition) is 6. The van der Waals surface area contributed by atoms with Crippen molar-refractivity contribution in [2.24, 2.45) is 0 Å². The minimum Gasteiger partial charge on any atom is -0.456 e. The number of ether oxygens (including phenoxy) is 1. The molecule has 0 aromatic carbocycles. The van der Waals surface area contributed by atoms with Crippen LogP contribution < -0.4 is 5.32 Å². The van der Waals surface area contributed by atoms with Gasteiger partial charge in [0.1, 0.15) is 19.3 Å². The fourth-order valence-electron chi connectivity index (χ4n) is 10.5. The van der Waals surface area contributed by atoms with Gasteiger partial charge in [-0.15, -0.1) is 0 Å². The van der Waals surface area contributed by atoms with E-state index in [1.54, 1.807) is 0 Å². The van der Waals surface area contributed by atoms with Gasteiger partial charge in [-0.1, -0.05) is 322 Å². The molecule has 9 nitrogen and oxygen atoms in total. The smallest absolute Gasteiger partial charge is 0.456 e. The Bertz CT molecular complexity index is 1320. The fourth-order valence-corrected chi connectivity index (χ4v) is 11.2. The van der Waals surface area contributed by atoms with E-state index in [0.29, 0.717) is 23.9 Å². The van der Waals surface area contributed by atoms with Gasteiger partial charge in [0.2, 0.25) is 5.91 Å². The van der Waals surface area contributed by atoms with Crippen LogP contribution in [0, 0.1) is 0 Å². The molecular weight excluding hydrogens is 976 g/mol. The van der Waals surface area contributed by atoms with Crippen molar-refractivity contribution in [2.75, 3.05) is 40.9 Å². The molecule has 0 aromatic rings. The number of nitrogens with one attached hydrogen (secondary N) is 1. The number of phosphoric ester groups is 1. The molecule has 0 aromatic heterocycles. The fraction of sp³-hybridized carbons (Fsp3) is 0.940. The van der Waals surface area contributed by atoms with Gasteiger partial charge in [-0.2, -0.15) is 0 Å². The Morgan fingerprint density at radius 2 is 0.740 bits per heavy atom. The summed E-state index contributed by atoms with van der Waals surface area (Å²) >= 11 is 0. The molecule has 0 spiro atoms. The first kappa shape index (κ1) is 75.8. The van der Waals surface area contributed by atoms with Crippen molar-refractivity contribution < 1.29 is 37.3 Å². The van der Waals surface area contributed by atoms with Gasteiger partial charge in [0.25, 0.3) is 0 Å². The number of carbonyl (C=O) groups excluding carboxylic acids is 2. The minimum absolute atomic E-state index is 0.0458. The first-order valence-electron chi connectivity index (χ1n) is 34.0. The van der Waals surface area contributed by atoms with Gasteiger partial charge in [0.15, 0.2) is 0 Å². The largest absolute Gasteiger partial charge is 0.472 e. The van der Waals surface area contributed by atoms with Crippen molar-refractivity contribution in [1.29, 1.82) is 0 Å². The summed E-state index contributed by atoms with van der Waals surface area (Å²) in [6, 6.07) is -0.839. The standard InChI is InChI=1S/C67H133N2O7P/c1-7-10-13-16-19-22-25-28-30-31-32-33-34-35-36-37-38-39-40-42-45-48-51-54-57-60-67(71)76-65(58-55-52-49-46-43-27-24-21-18-15-12-9-3)64(63-75-77(72,73)74-62-61-69(4,5)6)68-66(70)59-56-53-50-47-44-41-29-26-23-20-17-14-11-8-2/h55,58,64-65H,7-54,56-57,59-63H2,1-6H3,(H-,68,70,72,73)/p+1/b58-55-. The summed E-state index contributed by atoms with van der Waals surface area (Å²) in [5.41, 5.74) is 0. The zero-order chi connectivity index (χ0) is 56.4. The van der Waals surface area contributed by atoms with Crippen molar-refractivity contribution in [3.63, 3.8) is 0 Å². The topological polar surface area (TPSA) is 111 Å². The van der Waals surface area contributed by atoms with Gasteiger partial charge in [-0.3, -0.25) is 18.6 Å². The number of nitrogens with zero attached hydrogens (tertiary/aromatic N) is 1. The molecule has 0 radical (unpaired) electrons. The van der Waals surface area contributed by atoms with E-state index in [-0.39, 0.29) is 25.1 Å². The number of unbranched alkanes of at least 4 members (excludes halogenated alkanes) is 47. The van der Waals surface area contributed by atoms with E-state index in [1.165, 1.54) is 263 Å². The monoisotopic (exact) mass is 1110 g/mol. The summed E-state index contributed by atoms with van der Waals surface area (Å²) in [4.78, 5) is 37.8. The number of hydrogen-bond donors (Lipinski definition) is 2. The third-order valence-electron chi connectivity index (χ3n) is 15.7. The highest BCUT2D eigenvalue weighted by Gasteiger charge is 2.30. The van der Waals surface area contributed by atoms with E-state index in [4.69, 9.17) is 13.8 Å². The van der Waals surface area contributed by atoms with Crippen LogP contribution in [0.3, 0.4) is 0 Å². The molecule has 0 fully saturated rings. The Morgan fingerprint density at radius 1 is 0.442 bits per heavy atom. The predicted molar refractivity (Wildman–Crippen MR) is 333 cm³/mol. The Morgan fingerprint density at radius 3 is 1.06 bits per heavy atom. The van der Waals surface area contributed by atoms with Crippen molar-refractivity contribution in [2.45, 2.75) is 367 Å². The Hall–Kier alpha value is -1.25. The maximum Gasteiger partial charge on any atom is 0.472 e. The molecule has 3 unspecified atom stereocenters. The molecule has 0 aliphatic rings. The van der Waals surface area contributed by atoms with E-state index < -0.39 is 20.0 Å². The molecule has 458 valence electrons. The van der Waals surface area contributed by atoms with Crippen molar-refractivity contribution in [3.8, 4) is 0 Å². The van der Waals surface area contributed by atoms with Crippen LogP contribution in [0.1, 0.15) is 355 Å². The first-order chi connectivity index (χ1) is 37.4. The average Bonchev–Trinajstić information content (AvgIpc) is 3.39. The second kappa shape index (κ2) is 58.0. The quantitative estimate of drug-likeness (QED) is 0.0205. The molecule has 2 N–H and O–H groups in total. The van der Waals surface area contributed by atoms with Crippen molar-refractivity contribution in [3.05, 3.63) is 12.2 Å². The molecule has 3 atom stereocenters. The molecular formula is C67H134N2O7P+. The normalized spacial score (nSPS) is 13.6. The summed E-state index contributed by atoms with van der Waals surface area (Å²) in [6.07, 6.45) is 67.9. The minimum atomic E-state index is -4.44. The molecule has 0 saturated carbocycles. The van der Waals surface area contributed by atoms with Crippen LogP contribution in [0.25, 0.3) is 0 Å². The van der Waals surface area contributed by atoms with Crippen molar-refractivity contribution in [1.82, 2.24) is 5.32 Å². The molecule has 0 aliphatic heterocycles. The van der Waals surface area contributed by atoms with Crippen LogP contribution >= 0.6 is 7.82 Å². The van der Waals surface area contributed by atoms with Crippen LogP contribution in [-0.4, -0.2) is 74.3 Å². The first-order valence-corrected chi connectivity index (χ1v) is 35.5. The lowest BCUT2D eigenvalue weighted by molar-refractivity contribution is -0.870. The highest BCUT2D eigenvalue weighted by molar-refractivity contribution is 7.47. The van der Waals surface area contributed by atoms with Gasteiger partial charge in [0, 0.05) is 12.8 Å². The molecule has 10 heteroatoms. The summed E-state index contributed by atoms with van der Waals surface area (Å²) in [5, 5.41) is 3.07. The molecule has 77 heavy (non-hydrogen) atoms. The van der Waals surface area contributed by atoms with Crippen LogP contribution in [0.2, 0.25) is 0 Å². The number of phosphoric acid groups is 1. The van der Waals surface area contributed by atoms with E-state index in [0.717, 1.165) is 57.8 Å². The predicted octanol–water partition coefficient (Wildman–Crippen LogP) is 21.1. The zero-order valence-corrected chi connectivity index (χ0v) is 53.4. The lowest BCUT2D eigenvalue weighted by Crippen LogP contribution is -2.47. The number of allylic oxidation sites excluding steroid dienone is 1. The van der Waals surface area contributed by atoms with E-state index in [1.807, 2.05) is 33.3 Å². The van der Waals surface area contributed by atoms with Gasteiger partial charge in [0.05, 0.1) is 33.8 Å². The van der Waals surface area contributed by atoms with Gasteiger partial charge < -0.3 is 19.4 Å². The molecule has 0 aliphatic carbocycles. The van der Waals surface area contributed by atoms with E-state index in [9.17, 15) is 19.0 Å². The van der Waals surface area contributed by atoms with Crippen LogP contribution in [0.5, 0.6) is 0 Å². The van der Waals surface area contributed by atoms with E-state index >= 15 is 0 Å². The number of quaternary nitrogens is 1. The summed E-state index contributed by atoms with van der Waals surface area (Å²) in [5.74, 6) is -0.481. The second-order valence-electron chi connectivity index (χ2n) is 24.7. The van der Waals surface area contributed by atoms with Crippen molar-refractivity contribution >= 4 is 19.7 Å². The third kappa shape index (κ3) is 59.2. The number of rotatable bonds is 63. The molecule has 0 bridgehead atoms. The zero-order valence-electron chi connectivity index (χ0n) is 52.5. The Balaban J connectivity index is 5.00. The molecule has 0 rings (SSSR count). The lowest BCUT2D eigenvalue weighted by Gasteiger charge is -2.27. The highest BCUT2D eigenvalue weighted by atomic mass is 31.2. The lowest BCUT2D eigenvalue weighted by atomic mass is 10.0. The molecule has 0 saturated heterocycles. The summed E-state index contributed by atoms with van der Waals surface area (Å²) < 4.78 is 30.8. The number of likely N-dealkylation sites (N-methyl/N-ethyl adjacent to an activating group) is 1. The van der Waals surface area contributed by atoms with Crippen LogP contribution in [-0.2, 0) is 27.9 Å². The number of amides is 1. The van der Waals surface area contributed by atoms with Gasteiger partial charge in [-0.05, 0) is 31.8 Å². The average molecular weight is 1110 g/mol.